The average molecular weight is 479 g/mol. The molecule has 0 saturated carbocycles. The maximum Gasteiger partial charge on any atom is 0.417 e. The van der Waals surface area contributed by atoms with E-state index in [1.165, 1.54) is 0 Å². The van der Waals surface area contributed by atoms with Crippen LogP contribution in [0.5, 0.6) is 11.5 Å². The molecule has 0 aromatic heterocycles. The molecule has 0 unspecified atom stereocenters. The number of halogens is 4. The quantitative estimate of drug-likeness (QED) is 0.630. The number of benzene rings is 2. The van der Waals surface area contributed by atoms with Crippen LogP contribution in [0.3, 0.4) is 0 Å². The van der Waals surface area contributed by atoms with E-state index in [9.17, 15) is 21.6 Å². The fourth-order valence-corrected chi connectivity index (χ4v) is 5.25. The normalized spacial score (nSPS) is 16.3. The molecule has 2 aromatic rings. The molecular formula is C20H22ClF3N2O4S. The van der Waals surface area contributed by atoms with Gasteiger partial charge < -0.3 is 9.47 Å². The lowest BCUT2D eigenvalue weighted by atomic mass is 10.1. The largest absolute Gasteiger partial charge is 0.497 e. The van der Waals surface area contributed by atoms with Crippen molar-refractivity contribution in [2.24, 2.45) is 0 Å². The van der Waals surface area contributed by atoms with Crippen molar-refractivity contribution in [3.63, 3.8) is 0 Å². The Hall–Kier alpha value is -2.01. The first-order valence-corrected chi connectivity index (χ1v) is 11.2. The molecule has 2 aromatic carbocycles. The van der Waals surface area contributed by atoms with Crippen LogP contribution >= 0.6 is 11.6 Å². The van der Waals surface area contributed by atoms with Crippen LogP contribution in [0, 0.1) is 0 Å². The first kappa shape index (κ1) is 23.6. The number of alkyl halides is 3. The van der Waals surface area contributed by atoms with Crippen LogP contribution in [0.25, 0.3) is 0 Å². The van der Waals surface area contributed by atoms with E-state index in [0.717, 1.165) is 22.0 Å². The molecule has 1 fully saturated rings. The summed E-state index contributed by atoms with van der Waals surface area (Å²) in [5.41, 5.74) is -0.390. The summed E-state index contributed by atoms with van der Waals surface area (Å²) in [6.45, 7) is 1.33. The molecule has 3 rings (SSSR count). The van der Waals surface area contributed by atoms with E-state index in [1.807, 2.05) is 11.0 Å². The summed E-state index contributed by atoms with van der Waals surface area (Å²) in [5.74, 6) is 1.34. The Balaban J connectivity index is 1.76. The van der Waals surface area contributed by atoms with Gasteiger partial charge in [-0.05, 0) is 36.4 Å². The molecule has 0 bridgehead atoms. The van der Waals surface area contributed by atoms with E-state index < -0.39 is 26.7 Å². The fourth-order valence-electron chi connectivity index (χ4n) is 3.46. The Morgan fingerprint density at radius 1 is 1.00 bits per heavy atom. The second-order valence-electron chi connectivity index (χ2n) is 7.00. The van der Waals surface area contributed by atoms with E-state index in [2.05, 4.69) is 0 Å². The molecule has 170 valence electrons. The summed E-state index contributed by atoms with van der Waals surface area (Å²) in [6.07, 6.45) is -4.84. The molecule has 0 amide bonds. The first-order chi connectivity index (χ1) is 14.6. The van der Waals surface area contributed by atoms with Gasteiger partial charge in [0.25, 0.3) is 0 Å². The van der Waals surface area contributed by atoms with Crippen LogP contribution in [0.2, 0.25) is 5.02 Å². The van der Waals surface area contributed by atoms with Crippen LogP contribution in [0.1, 0.15) is 11.1 Å². The summed E-state index contributed by atoms with van der Waals surface area (Å²) < 4.78 is 77.7. The van der Waals surface area contributed by atoms with Crippen LogP contribution in [-0.4, -0.2) is 58.0 Å². The molecule has 11 heteroatoms. The molecule has 0 aliphatic carbocycles. The van der Waals surface area contributed by atoms with E-state index in [1.54, 1.807) is 26.4 Å². The van der Waals surface area contributed by atoms with Gasteiger partial charge >= 0.3 is 6.18 Å². The smallest absolute Gasteiger partial charge is 0.417 e. The van der Waals surface area contributed by atoms with E-state index in [4.69, 9.17) is 21.1 Å². The number of sulfonamides is 1. The number of methoxy groups -OCH3 is 2. The molecule has 6 nitrogen and oxygen atoms in total. The number of ether oxygens (including phenoxy) is 2. The van der Waals surface area contributed by atoms with Crippen molar-refractivity contribution in [1.82, 2.24) is 9.21 Å². The molecule has 1 heterocycles. The fraction of sp³-hybridized carbons (Fsp3) is 0.400. The van der Waals surface area contributed by atoms with Crippen molar-refractivity contribution in [2.45, 2.75) is 17.6 Å². The number of nitrogens with zero attached hydrogens (tertiary/aromatic N) is 2. The van der Waals surface area contributed by atoms with Gasteiger partial charge in [0.15, 0.2) is 0 Å². The highest BCUT2D eigenvalue weighted by Gasteiger charge is 2.40. The van der Waals surface area contributed by atoms with Crippen molar-refractivity contribution in [1.29, 1.82) is 0 Å². The summed E-state index contributed by atoms with van der Waals surface area (Å²) >= 11 is 5.67. The summed E-state index contributed by atoms with van der Waals surface area (Å²) in [7, 11) is -1.22. The Morgan fingerprint density at radius 3 is 2.26 bits per heavy atom. The highest BCUT2D eigenvalue weighted by atomic mass is 35.5. The maximum absolute atomic E-state index is 13.4. The zero-order chi connectivity index (χ0) is 22.8. The van der Waals surface area contributed by atoms with E-state index >= 15 is 0 Å². The summed E-state index contributed by atoms with van der Waals surface area (Å²) in [5, 5.41) is -0.177. The van der Waals surface area contributed by atoms with Crippen molar-refractivity contribution < 1.29 is 31.1 Å². The van der Waals surface area contributed by atoms with Gasteiger partial charge in [0.1, 0.15) is 11.5 Å². The number of hydrogen-bond acceptors (Lipinski definition) is 5. The van der Waals surface area contributed by atoms with Crippen LogP contribution < -0.4 is 9.47 Å². The second kappa shape index (κ2) is 9.23. The third-order valence-electron chi connectivity index (χ3n) is 5.08. The van der Waals surface area contributed by atoms with E-state index in [-0.39, 0.29) is 18.1 Å². The lowest BCUT2D eigenvalue weighted by molar-refractivity contribution is -0.139. The minimum absolute atomic E-state index is 0.0640. The minimum Gasteiger partial charge on any atom is -0.497 e. The Labute approximate surface area is 184 Å². The predicted octanol–water partition coefficient (Wildman–Crippen LogP) is 3.88. The number of piperazine rings is 1. The molecule has 1 saturated heterocycles. The topological polar surface area (TPSA) is 59.1 Å². The van der Waals surface area contributed by atoms with Crippen molar-refractivity contribution >= 4 is 21.6 Å². The van der Waals surface area contributed by atoms with Gasteiger partial charge in [-0.15, -0.1) is 0 Å². The highest BCUT2D eigenvalue weighted by molar-refractivity contribution is 7.89. The monoisotopic (exact) mass is 478 g/mol. The molecule has 0 N–H and O–H groups in total. The molecule has 0 atom stereocenters. The Morgan fingerprint density at radius 2 is 1.68 bits per heavy atom. The zero-order valence-corrected chi connectivity index (χ0v) is 18.5. The molecule has 0 spiro atoms. The molecule has 0 radical (unpaired) electrons. The van der Waals surface area contributed by atoms with Gasteiger partial charge in [-0.1, -0.05) is 11.6 Å². The van der Waals surface area contributed by atoms with Gasteiger partial charge in [0.05, 0.1) is 24.7 Å². The lowest BCUT2D eigenvalue weighted by Crippen LogP contribution is -2.48. The third kappa shape index (κ3) is 5.25. The van der Waals surface area contributed by atoms with Crippen molar-refractivity contribution in [3.8, 4) is 11.5 Å². The number of rotatable bonds is 6. The van der Waals surface area contributed by atoms with Crippen molar-refractivity contribution in [2.75, 3.05) is 40.4 Å². The molecule has 1 aliphatic heterocycles. The van der Waals surface area contributed by atoms with Gasteiger partial charge in [0.2, 0.25) is 10.0 Å². The molecule has 31 heavy (non-hydrogen) atoms. The van der Waals surface area contributed by atoms with Gasteiger partial charge in [0, 0.05) is 43.3 Å². The molecular weight excluding hydrogens is 457 g/mol. The van der Waals surface area contributed by atoms with E-state index in [0.29, 0.717) is 37.2 Å². The van der Waals surface area contributed by atoms with Gasteiger partial charge in [-0.25, -0.2) is 8.42 Å². The average Bonchev–Trinajstić information content (AvgIpc) is 2.73. The standard InChI is InChI=1S/C20H22ClF3N2O4S/c1-29-16-4-5-18(30-2)14(11-16)13-25-7-9-26(10-8-25)31(27,28)19-6-3-15(21)12-17(19)20(22,23)24/h3-6,11-12H,7-10,13H2,1-2H3. The zero-order valence-electron chi connectivity index (χ0n) is 16.9. The number of hydrogen-bond donors (Lipinski definition) is 0. The van der Waals surface area contributed by atoms with Crippen LogP contribution in [0.4, 0.5) is 13.2 Å². The van der Waals surface area contributed by atoms with Gasteiger partial charge in [-0.2, -0.15) is 17.5 Å². The van der Waals surface area contributed by atoms with Crippen LogP contribution in [-0.2, 0) is 22.7 Å². The van der Waals surface area contributed by atoms with Crippen LogP contribution in [0.15, 0.2) is 41.3 Å². The molecule has 1 aliphatic rings. The lowest BCUT2D eigenvalue weighted by Gasteiger charge is -2.34. The minimum atomic E-state index is -4.84. The maximum atomic E-state index is 13.4. The van der Waals surface area contributed by atoms with Crippen molar-refractivity contribution in [3.05, 3.63) is 52.5 Å². The van der Waals surface area contributed by atoms with Gasteiger partial charge in [-0.3, -0.25) is 4.90 Å². The Bertz CT molecular complexity index is 1040. The SMILES string of the molecule is COc1ccc(OC)c(CN2CCN(S(=O)(=O)c3ccc(Cl)cc3C(F)(F)F)CC2)c1. The Kier molecular flexibility index (Phi) is 7.04. The second-order valence-corrected chi connectivity index (χ2v) is 9.34. The first-order valence-electron chi connectivity index (χ1n) is 9.36. The summed E-state index contributed by atoms with van der Waals surface area (Å²) in [6, 6.07) is 8.10. The highest BCUT2D eigenvalue weighted by Crippen LogP contribution is 2.37. The third-order valence-corrected chi connectivity index (χ3v) is 7.27. The predicted molar refractivity (Wildman–Crippen MR) is 110 cm³/mol. The summed E-state index contributed by atoms with van der Waals surface area (Å²) in [4.78, 5) is 1.22.